The van der Waals surface area contributed by atoms with Gasteiger partial charge in [0.2, 0.25) is 0 Å². The largest absolute Gasteiger partial charge is 0.462 e. The Balaban J connectivity index is 1.51. The molecule has 0 heterocycles. The van der Waals surface area contributed by atoms with Crippen LogP contribution in [0.3, 0.4) is 0 Å². The van der Waals surface area contributed by atoms with Gasteiger partial charge in [0.25, 0.3) is 0 Å². The average Bonchev–Trinajstić information content (AvgIpc) is 2.70. The summed E-state index contributed by atoms with van der Waals surface area (Å²) in [5, 5.41) is 0. The highest BCUT2D eigenvalue weighted by molar-refractivity contribution is 5.66. The van der Waals surface area contributed by atoms with E-state index in [1.54, 1.807) is 6.92 Å². The van der Waals surface area contributed by atoms with E-state index >= 15 is 0 Å². The van der Waals surface area contributed by atoms with Crippen LogP contribution in [0, 0.1) is 50.2 Å². The first-order valence-electron chi connectivity index (χ1n) is 14.5. The van der Waals surface area contributed by atoms with Gasteiger partial charge in [0, 0.05) is 12.3 Å². The Morgan fingerprint density at radius 1 is 0.794 bits per heavy atom. The third-order valence-electron chi connectivity index (χ3n) is 13.0. The summed E-state index contributed by atoms with van der Waals surface area (Å²) >= 11 is 0. The Kier molecular flexibility index (Phi) is 5.40. The molecule has 0 radical (unpaired) electrons. The van der Waals surface area contributed by atoms with Gasteiger partial charge in [0.1, 0.15) is 6.10 Å². The molecule has 0 bridgehead atoms. The van der Waals surface area contributed by atoms with E-state index in [2.05, 4.69) is 61.5 Å². The van der Waals surface area contributed by atoms with E-state index in [0.717, 1.165) is 18.3 Å². The normalized spacial score (nSPS) is 51.1. The van der Waals surface area contributed by atoms with Crippen molar-refractivity contribution in [3.8, 4) is 0 Å². The van der Waals surface area contributed by atoms with Crippen LogP contribution in [-0.2, 0) is 9.53 Å². The minimum absolute atomic E-state index is 0.0493. The summed E-state index contributed by atoms with van der Waals surface area (Å²) in [5.74, 6) is 2.09. The van der Waals surface area contributed by atoms with Crippen molar-refractivity contribution in [2.75, 3.05) is 0 Å². The van der Waals surface area contributed by atoms with Gasteiger partial charge in [-0.05, 0) is 109 Å². The molecule has 192 valence electrons. The smallest absolute Gasteiger partial charge is 0.302 e. The fourth-order valence-corrected chi connectivity index (χ4v) is 11.2. The number of hydrogen-bond acceptors (Lipinski definition) is 2. The lowest BCUT2D eigenvalue weighted by molar-refractivity contribution is -0.198. The van der Waals surface area contributed by atoms with E-state index in [1.807, 2.05) is 5.57 Å². The Morgan fingerprint density at radius 2 is 1.41 bits per heavy atom. The van der Waals surface area contributed by atoms with Gasteiger partial charge >= 0.3 is 5.97 Å². The maximum absolute atomic E-state index is 11.9. The number of rotatable bonds is 1. The second-order valence-corrected chi connectivity index (χ2v) is 15.9. The van der Waals surface area contributed by atoms with Crippen molar-refractivity contribution in [1.82, 2.24) is 0 Å². The van der Waals surface area contributed by atoms with Gasteiger partial charge in [-0.3, -0.25) is 4.79 Å². The zero-order valence-electron chi connectivity index (χ0n) is 23.8. The molecule has 5 aliphatic carbocycles. The van der Waals surface area contributed by atoms with E-state index in [4.69, 9.17) is 4.74 Å². The third kappa shape index (κ3) is 3.28. The van der Waals surface area contributed by atoms with E-state index in [0.29, 0.717) is 33.0 Å². The van der Waals surface area contributed by atoms with Crippen molar-refractivity contribution >= 4 is 5.97 Å². The highest BCUT2D eigenvalue weighted by Gasteiger charge is 2.67. The monoisotopic (exact) mass is 468 g/mol. The number of ether oxygens (including phenoxy) is 1. The fourth-order valence-electron chi connectivity index (χ4n) is 11.2. The summed E-state index contributed by atoms with van der Waals surface area (Å²) in [6.07, 6.45) is 15.9. The van der Waals surface area contributed by atoms with Crippen LogP contribution in [0.25, 0.3) is 0 Å². The number of fused-ring (bicyclic) bond motifs is 7. The van der Waals surface area contributed by atoms with Crippen LogP contribution in [0.2, 0.25) is 0 Å². The molecule has 4 fully saturated rings. The standard InChI is InChI=1S/C32H52O2/c1-21(33)34-26-13-17-30(7)22(28(26,4)5)11-15-31(8)23-10-14-29(6)19-18-27(2,3)20-25(29)32(23,9)16-12-24(30)31/h10,22,24-26H,11-20H2,1-9H3/t22-,24-,25+,26-,29-,30-,31-,32+/m0/s1. The number of allylic oxidation sites excluding steroid dienone is 2. The van der Waals surface area contributed by atoms with Crippen LogP contribution < -0.4 is 0 Å². The summed E-state index contributed by atoms with van der Waals surface area (Å²) in [4.78, 5) is 11.9. The van der Waals surface area contributed by atoms with E-state index in [9.17, 15) is 4.79 Å². The van der Waals surface area contributed by atoms with Gasteiger partial charge in [-0.2, -0.15) is 0 Å². The third-order valence-corrected chi connectivity index (χ3v) is 13.0. The minimum atomic E-state index is -0.110. The van der Waals surface area contributed by atoms with E-state index in [-0.39, 0.29) is 17.5 Å². The molecule has 0 aromatic rings. The van der Waals surface area contributed by atoms with Crippen molar-refractivity contribution < 1.29 is 9.53 Å². The molecule has 5 aliphatic rings. The summed E-state index contributed by atoms with van der Waals surface area (Å²) in [7, 11) is 0. The van der Waals surface area contributed by atoms with Crippen LogP contribution in [0.4, 0.5) is 0 Å². The molecule has 34 heavy (non-hydrogen) atoms. The molecule has 0 aliphatic heterocycles. The summed E-state index contributed by atoms with van der Waals surface area (Å²) in [5.41, 5.74) is 3.90. The molecule has 0 aromatic heterocycles. The number of hydrogen-bond donors (Lipinski definition) is 0. The lowest BCUT2D eigenvalue weighted by Gasteiger charge is -2.70. The van der Waals surface area contributed by atoms with Crippen LogP contribution in [0.15, 0.2) is 11.6 Å². The topological polar surface area (TPSA) is 26.3 Å². The number of carbonyl (C=O) groups excluding carboxylic acids is 1. The lowest BCUT2D eigenvalue weighted by Crippen LogP contribution is -2.63. The molecular formula is C32H52O2. The Bertz CT molecular complexity index is 897. The predicted octanol–water partition coefficient (Wildman–Crippen LogP) is 8.74. The van der Waals surface area contributed by atoms with Crippen molar-refractivity contribution in [2.45, 2.75) is 133 Å². The quantitative estimate of drug-likeness (QED) is 0.284. The molecule has 2 heteroatoms. The van der Waals surface area contributed by atoms with Crippen LogP contribution in [-0.4, -0.2) is 12.1 Å². The Morgan fingerprint density at radius 3 is 2.06 bits per heavy atom. The summed E-state index contributed by atoms with van der Waals surface area (Å²) in [6, 6.07) is 0. The first kappa shape index (κ1) is 24.9. The highest BCUT2D eigenvalue weighted by atomic mass is 16.5. The first-order chi connectivity index (χ1) is 15.6. The summed E-state index contributed by atoms with van der Waals surface area (Å²) < 4.78 is 5.90. The van der Waals surface area contributed by atoms with Crippen LogP contribution >= 0.6 is 0 Å². The van der Waals surface area contributed by atoms with Crippen molar-refractivity contribution in [3.63, 3.8) is 0 Å². The van der Waals surface area contributed by atoms with Crippen molar-refractivity contribution in [3.05, 3.63) is 11.6 Å². The Labute approximate surface area is 210 Å². The second-order valence-electron chi connectivity index (χ2n) is 15.9. The van der Waals surface area contributed by atoms with Crippen molar-refractivity contribution in [2.24, 2.45) is 50.2 Å². The minimum Gasteiger partial charge on any atom is -0.462 e. The molecule has 0 spiro atoms. The van der Waals surface area contributed by atoms with Gasteiger partial charge in [0.15, 0.2) is 0 Å². The molecule has 0 N–H and O–H groups in total. The van der Waals surface area contributed by atoms with Crippen molar-refractivity contribution in [1.29, 1.82) is 0 Å². The van der Waals surface area contributed by atoms with Crippen LogP contribution in [0.5, 0.6) is 0 Å². The second kappa shape index (κ2) is 7.38. The molecule has 0 amide bonds. The fraction of sp³-hybridized carbons (Fsp3) is 0.906. The lowest BCUT2D eigenvalue weighted by atomic mass is 9.34. The highest BCUT2D eigenvalue weighted by Crippen LogP contribution is 2.75. The van der Waals surface area contributed by atoms with Gasteiger partial charge in [-0.25, -0.2) is 0 Å². The summed E-state index contributed by atoms with van der Waals surface area (Å²) in [6.45, 7) is 22.0. The molecule has 0 aromatic carbocycles. The average molecular weight is 469 g/mol. The van der Waals surface area contributed by atoms with Gasteiger partial charge in [0.05, 0.1) is 0 Å². The molecule has 0 unspecified atom stereocenters. The first-order valence-corrected chi connectivity index (χ1v) is 14.5. The van der Waals surface area contributed by atoms with Gasteiger partial charge in [-0.15, -0.1) is 0 Å². The van der Waals surface area contributed by atoms with E-state index < -0.39 is 0 Å². The SMILES string of the molecule is CC(=O)O[C@H]1CC[C@@]2(C)[C@@H](CC[C@@]3(C)C4=CC[C@@]5(C)CCC(C)(C)C[C@H]5[C@]4(C)CC[C@@H]23)C1(C)C. The van der Waals surface area contributed by atoms with Crippen LogP contribution in [0.1, 0.15) is 127 Å². The molecular weight excluding hydrogens is 416 g/mol. The van der Waals surface area contributed by atoms with Gasteiger partial charge < -0.3 is 4.74 Å². The molecule has 2 nitrogen and oxygen atoms in total. The zero-order valence-corrected chi connectivity index (χ0v) is 23.8. The number of esters is 1. The number of carbonyl (C=O) groups is 1. The molecule has 0 saturated heterocycles. The maximum atomic E-state index is 11.9. The van der Waals surface area contributed by atoms with Gasteiger partial charge in [-0.1, -0.05) is 67.0 Å². The van der Waals surface area contributed by atoms with E-state index in [1.165, 1.54) is 57.8 Å². The molecule has 8 atom stereocenters. The predicted molar refractivity (Wildman–Crippen MR) is 140 cm³/mol. The zero-order chi connectivity index (χ0) is 24.9. The maximum Gasteiger partial charge on any atom is 0.302 e. The Hall–Kier alpha value is -0.790. The molecule has 4 saturated carbocycles. The molecule has 5 rings (SSSR count).